The highest BCUT2D eigenvalue weighted by Crippen LogP contribution is 2.37. The molecular weight excluding hydrogens is 482 g/mol. The van der Waals surface area contributed by atoms with Crippen molar-refractivity contribution < 1.29 is 22.4 Å². The minimum absolute atomic E-state index is 0.00432. The third-order valence-electron chi connectivity index (χ3n) is 5.27. The van der Waals surface area contributed by atoms with Gasteiger partial charge in [-0.25, -0.2) is 9.07 Å². The van der Waals surface area contributed by atoms with Crippen molar-refractivity contribution in [2.24, 2.45) is 0 Å². The number of thiophene rings is 1. The highest BCUT2D eigenvalue weighted by molar-refractivity contribution is 7.12. The second kappa shape index (κ2) is 9.68. The summed E-state index contributed by atoms with van der Waals surface area (Å²) < 4.78 is 55.8. The van der Waals surface area contributed by atoms with Gasteiger partial charge in [0, 0.05) is 29.4 Å². The van der Waals surface area contributed by atoms with Gasteiger partial charge in [0.1, 0.15) is 12.0 Å². The summed E-state index contributed by atoms with van der Waals surface area (Å²) in [6.07, 6.45) is -0.0811. The Bertz CT molecular complexity index is 1430. The molecule has 1 N–H and O–H groups in total. The van der Waals surface area contributed by atoms with Crippen LogP contribution in [0, 0.1) is 12.4 Å². The van der Waals surface area contributed by atoms with E-state index in [4.69, 9.17) is 6.57 Å². The molecule has 0 radical (unpaired) electrons. The Hall–Kier alpha value is -4.04. The average Bonchev–Trinajstić information content (AvgIpc) is 3.52. The standard InChI is InChI=1S/C24H17F4N5OS/c1-3-14-6-7-35-21(14)23(34)31-10-15-4-5-18(9-20(15)25)33-13-17(12-32-33)16-8-19(24(26,27)28)22(29-2)30-11-16/h4-9,11-13H,3,10H2,1H3,(H,31,34). The highest BCUT2D eigenvalue weighted by Gasteiger charge is 2.34. The molecule has 1 aromatic carbocycles. The summed E-state index contributed by atoms with van der Waals surface area (Å²) in [5.41, 5.74) is 0.854. The molecule has 0 aliphatic carbocycles. The largest absolute Gasteiger partial charge is 0.409 e. The molecule has 0 aliphatic rings. The first kappa shape index (κ1) is 24.1. The zero-order valence-electron chi connectivity index (χ0n) is 18.2. The molecule has 0 bridgehead atoms. The topological polar surface area (TPSA) is 64.2 Å². The summed E-state index contributed by atoms with van der Waals surface area (Å²) >= 11 is 1.33. The number of pyridine rings is 1. The van der Waals surface area contributed by atoms with Crippen LogP contribution in [0.15, 0.2) is 54.3 Å². The minimum atomic E-state index is -4.73. The Morgan fingerprint density at radius 1 is 1.17 bits per heavy atom. The Morgan fingerprint density at radius 2 is 1.97 bits per heavy atom. The van der Waals surface area contributed by atoms with Gasteiger partial charge in [-0.05, 0) is 41.6 Å². The number of aromatic nitrogens is 3. The molecule has 0 aliphatic heterocycles. The summed E-state index contributed by atoms with van der Waals surface area (Å²) in [5.74, 6) is -1.57. The normalized spacial score (nSPS) is 11.3. The molecule has 4 aromatic rings. The van der Waals surface area contributed by atoms with Crippen molar-refractivity contribution in [1.29, 1.82) is 0 Å². The summed E-state index contributed by atoms with van der Waals surface area (Å²) in [6.45, 7) is 8.84. The molecule has 35 heavy (non-hydrogen) atoms. The highest BCUT2D eigenvalue weighted by atomic mass is 32.1. The van der Waals surface area contributed by atoms with Crippen molar-refractivity contribution in [1.82, 2.24) is 20.1 Å². The van der Waals surface area contributed by atoms with Gasteiger partial charge in [-0.3, -0.25) is 4.79 Å². The molecule has 0 spiro atoms. The van der Waals surface area contributed by atoms with Gasteiger partial charge in [-0.15, -0.1) is 16.3 Å². The van der Waals surface area contributed by atoms with E-state index in [-0.39, 0.29) is 23.6 Å². The summed E-state index contributed by atoms with van der Waals surface area (Å²) in [5, 5.41) is 8.66. The molecule has 0 saturated carbocycles. The van der Waals surface area contributed by atoms with E-state index in [1.807, 2.05) is 18.4 Å². The van der Waals surface area contributed by atoms with Gasteiger partial charge in [0.25, 0.3) is 11.7 Å². The predicted octanol–water partition coefficient (Wildman–Crippen LogP) is 6.20. The van der Waals surface area contributed by atoms with Crippen LogP contribution in [0.25, 0.3) is 21.7 Å². The number of hydrogen-bond donors (Lipinski definition) is 1. The maximum absolute atomic E-state index is 14.7. The van der Waals surface area contributed by atoms with Gasteiger partial charge in [-0.2, -0.15) is 18.3 Å². The Kier molecular flexibility index (Phi) is 6.66. The molecular formula is C24H17F4N5OS. The molecule has 178 valence electrons. The van der Waals surface area contributed by atoms with E-state index >= 15 is 0 Å². The van der Waals surface area contributed by atoms with Crippen LogP contribution in [-0.4, -0.2) is 20.7 Å². The van der Waals surface area contributed by atoms with Gasteiger partial charge in [-0.1, -0.05) is 19.6 Å². The smallest absolute Gasteiger partial charge is 0.360 e. The van der Waals surface area contributed by atoms with Crippen LogP contribution in [0.3, 0.4) is 0 Å². The fourth-order valence-electron chi connectivity index (χ4n) is 3.42. The molecule has 3 heterocycles. The minimum Gasteiger partial charge on any atom is -0.360 e. The Morgan fingerprint density at radius 3 is 2.66 bits per heavy atom. The number of rotatable bonds is 6. The maximum atomic E-state index is 14.7. The number of carbonyl (C=O) groups is 1. The van der Waals surface area contributed by atoms with Crippen LogP contribution in [0.5, 0.6) is 0 Å². The lowest BCUT2D eigenvalue weighted by Gasteiger charge is -2.09. The first-order valence-electron chi connectivity index (χ1n) is 10.3. The lowest BCUT2D eigenvalue weighted by Crippen LogP contribution is -2.23. The van der Waals surface area contributed by atoms with E-state index in [1.165, 1.54) is 40.5 Å². The maximum Gasteiger partial charge on any atom is 0.409 e. The van der Waals surface area contributed by atoms with E-state index in [1.54, 1.807) is 6.07 Å². The first-order valence-corrected chi connectivity index (χ1v) is 11.2. The number of aryl methyl sites for hydroxylation is 1. The number of alkyl halides is 3. The van der Waals surface area contributed by atoms with Crippen molar-refractivity contribution in [2.45, 2.75) is 26.1 Å². The number of amides is 1. The Labute approximate surface area is 201 Å². The third-order valence-corrected chi connectivity index (χ3v) is 6.22. The van der Waals surface area contributed by atoms with Crippen molar-refractivity contribution in [3.8, 4) is 16.8 Å². The van der Waals surface area contributed by atoms with Crippen molar-refractivity contribution >= 4 is 23.1 Å². The first-order chi connectivity index (χ1) is 16.7. The second-order valence-electron chi connectivity index (χ2n) is 7.47. The van der Waals surface area contributed by atoms with Crippen LogP contribution in [-0.2, 0) is 19.1 Å². The number of halogens is 4. The number of benzene rings is 1. The van der Waals surface area contributed by atoms with Crippen molar-refractivity contribution in [3.05, 3.63) is 93.1 Å². The second-order valence-corrected chi connectivity index (χ2v) is 8.38. The fourth-order valence-corrected chi connectivity index (χ4v) is 4.33. The van der Waals surface area contributed by atoms with E-state index in [0.717, 1.165) is 24.2 Å². The molecule has 0 atom stereocenters. The third kappa shape index (κ3) is 5.07. The lowest BCUT2D eigenvalue weighted by molar-refractivity contribution is -0.137. The summed E-state index contributed by atoms with van der Waals surface area (Å²) in [6, 6.07) is 7.04. The van der Waals surface area contributed by atoms with Crippen LogP contribution in [0.4, 0.5) is 23.4 Å². The number of hydrogen-bond acceptors (Lipinski definition) is 4. The fraction of sp³-hybridized carbons (Fsp3) is 0.167. The van der Waals surface area contributed by atoms with Crippen LogP contribution < -0.4 is 5.32 Å². The van der Waals surface area contributed by atoms with Crippen molar-refractivity contribution in [3.63, 3.8) is 0 Å². The SMILES string of the molecule is [C-]#[N+]c1ncc(-c2cnn(-c3ccc(CNC(=O)c4sccc4CC)c(F)c3)c2)cc1C(F)(F)F. The van der Waals surface area contributed by atoms with Crippen LogP contribution in [0.2, 0.25) is 0 Å². The zero-order valence-corrected chi connectivity index (χ0v) is 19.0. The van der Waals surface area contributed by atoms with Gasteiger partial charge in [0.15, 0.2) is 0 Å². The van der Waals surface area contributed by atoms with E-state index < -0.39 is 23.4 Å². The monoisotopic (exact) mass is 499 g/mol. The number of carbonyl (C=O) groups excluding carboxylic acids is 1. The molecule has 0 saturated heterocycles. The number of nitrogens with zero attached hydrogens (tertiary/aromatic N) is 4. The molecule has 4 rings (SSSR count). The summed E-state index contributed by atoms with van der Waals surface area (Å²) in [7, 11) is 0. The van der Waals surface area contributed by atoms with Crippen molar-refractivity contribution in [2.75, 3.05) is 0 Å². The van der Waals surface area contributed by atoms with E-state index in [9.17, 15) is 22.4 Å². The number of nitrogens with one attached hydrogen (secondary N) is 1. The van der Waals surface area contributed by atoms with Gasteiger partial charge >= 0.3 is 6.18 Å². The van der Waals surface area contributed by atoms with Gasteiger partial charge < -0.3 is 10.2 Å². The molecule has 11 heteroatoms. The Balaban J connectivity index is 1.52. The average molecular weight is 499 g/mol. The molecule has 3 aromatic heterocycles. The quantitative estimate of drug-likeness (QED) is 0.254. The van der Waals surface area contributed by atoms with E-state index in [0.29, 0.717) is 16.1 Å². The summed E-state index contributed by atoms with van der Waals surface area (Å²) in [4.78, 5) is 19.4. The molecule has 0 fully saturated rings. The molecule has 1 amide bonds. The lowest BCUT2D eigenvalue weighted by atomic mass is 10.1. The van der Waals surface area contributed by atoms with Crippen LogP contribution >= 0.6 is 11.3 Å². The molecule has 6 nitrogen and oxygen atoms in total. The van der Waals surface area contributed by atoms with Gasteiger partial charge in [0.05, 0.1) is 22.3 Å². The zero-order chi connectivity index (χ0) is 25.2. The molecule has 0 unspecified atom stereocenters. The van der Waals surface area contributed by atoms with Crippen LogP contribution in [0.1, 0.15) is 33.3 Å². The predicted molar refractivity (Wildman–Crippen MR) is 123 cm³/mol. The van der Waals surface area contributed by atoms with E-state index in [2.05, 4.69) is 20.2 Å². The van der Waals surface area contributed by atoms with Gasteiger partial charge in [0.2, 0.25) is 0 Å².